The molecule has 4 unspecified atom stereocenters. The number of H-pyrrole nitrogens is 1. The summed E-state index contributed by atoms with van der Waals surface area (Å²) in [6.07, 6.45) is 3.05. The zero-order chi connectivity index (χ0) is 26.1. The van der Waals surface area contributed by atoms with Crippen molar-refractivity contribution >= 4 is 23.7 Å². The van der Waals surface area contributed by atoms with Crippen LogP contribution in [0.15, 0.2) is 36.8 Å². The van der Waals surface area contributed by atoms with Crippen molar-refractivity contribution in [3.63, 3.8) is 0 Å². The number of phenols is 1. The van der Waals surface area contributed by atoms with Gasteiger partial charge in [-0.1, -0.05) is 26.0 Å². The van der Waals surface area contributed by atoms with Gasteiger partial charge in [-0.15, -0.1) is 0 Å². The molecule has 1 aromatic heterocycles. The van der Waals surface area contributed by atoms with Gasteiger partial charge in [0.15, 0.2) is 0 Å². The first-order valence-electron chi connectivity index (χ1n) is 11.1. The van der Waals surface area contributed by atoms with Gasteiger partial charge in [0.1, 0.15) is 23.9 Å². The molecule has 12 nitrogen and oxygen atoms in total. The molecule has 3 amide bonds. The molecule has 0 bridgehead atoms. The largest absolute Gasteiger partial charge is 0.508 e. The number of aliphatic carboxylic acids is 1. The summed E-state index contributed by atoms with van der Waals surface area (Å²) in [7, 11) is 0. The molecule has 0 radical (unpaired) electrons. The second-order valence-electron chi connectivity index (χ2n) is 8.62. The lowest BCUT2D eigenvalue weighted by atomic mass is 10.0. The Morgan fingerprint density at radius 2 is 1.63 bits per heavy atom. The summed E-state index contributed by atoms with van der Waals surface area (Å²) in [6.45, 7) is 4.85. The number of benzene rings is 1. The van der Waals surface area contributed by atoms with Crippen molar-refractivity contribution in [3.8, 4) is 5.75 Å². The molecule has 35 heavy (non-hydrogen) atoms. The first-order valence-corrected chi connectivity index (χ1v) is 11.1. The maximum atomic E-state index is 12.8. The summed E-state index contributed by atoms with van der Waals surface area (Å²) in [4.78, 5) is 56.1. The molecule has 4 atom stereocenters. The third kappa shape index (κ3) is 8.41. The molecule has 1 heterocycles. The molecule has 12 heteroatoms. The Kier molecular flexibility index (Phi) is 9.76. The highest BCUT2D eigenvalue weighted by Gasteiger charge is 2.30. The van der Waals surface area contributed by atoms with Gasteiger partial charge in [0.05, 0.1) is 12.4 Å². The number of aromatic hydroxyl groups is 1. The number of carbonyl (C=O) groups is 4. The lowest BCUT2D eigenvalue weighted by Crippen LogP contribution is -2.58. The molecule has 0 fully saturated rings. The lowest BCUT2D eigenvalue weighted by Gasteiger charge is -2.26. The van der Waals surface area contributed by atoms with Crippen molar-refractivity contribution in [2.75, 3.05) is 0 Å². The first-order chi connectivity index (χ1) is 16.5. The van der Waals surface area contributed by atoms with Gasteiger partial charge >= 0.3 is 5.97 Å². The van der Waals surface area contributed by atoms with Crippen LogP contribution in [0.3, 0.4) is 0 Å². The molecule has 0 saturated carbocycles. The molecule has 2 aromatic rings. The summed E-state index contributed by atoms with van der Waals surface area (Å²) in [5.41, 5.74) is 7.21. The topological polar surface area (TPSA) is 200 Å². The van der Waals surface area contributed by atoms with Crippen LogP contribution in [0.5, 0.6) is 5.75 Å². The van der Waals surface area contributed by atoms with E-state index in [9.17, 15) is 29.4 Å². The van der Waals surface area contributed by atoms with Gasteiger partial charge < -0.3 is 36.9 Å². The number of imidazole rings is 1. The van der Waals surface area contributed by atoms with E-state index in [2.05, 4.69) is 25.9 Å². The Labute approximate surface area is 202 Å². The second-order valence-corrected chi connectivity index (χ2v) is 8.62. The number of rotatable bonds is 12. The van der Waals surface area contributed by atoms with E-state index in [4.69, 9.17) is 5.73 Å². The quantitative estimate of drug-likeness (QED) is 0.206. The maximum Gasteiger partial charge on any atom is 0.326 e. The Hall–Kier alpha value is -3.93. The molecule has 0 spiro atoms. The molecule has 8 N–H and O–H groups in total. The third-order valence-electron chi connectivity index (χ3n) is 5.32. The average molecular weight is 489 g/mol. The Bertz CT molecular complexity index is 1010. The van der Waals surface area contributed by atoms with Gasteiger partial charge in [-0.3, -0.25) is 14.4 Å². The van der Waals surface area contributed by atoms with Gasteiger partial charge in [-0.05, 0) is 37.0 Å². The number of nitrogens with zero attached hydrogens (tertiary/aromatic N) is 1. The lowest BCUT2D eigenvalue weighted by molar-refractivity contribution is -0.142. The standard InChI is InChI=1S/C23H32N6O6/c1-12(2)19(22(33)28-18(23(34)35)9-15-10-25-11-26-15)29-20(31)13(3)27-21(32)17(24)8-14-4-6-16(30)7-5-14/h4-7,10-13,17-19,30H,8-9,24H2,1-3H3,(H,25,26)(H,27,32)(H,28,33)(H,29,31)(H,34,35). The highest BCUT2D eigenvalue weighted by Crippen LogP contribution is 2.11. The van der Waals surface area contributed by atoms with Crippen LogP contribution in [0, 0.1) is 5.92 Å². The number of carbonyl (C=O) groups excluding carboxylic acids is 3. The summed E-state index contributed by atoms with van der Waals surface area (Å²) in [6, 6.07) is 2.06. The summed E-state index contributed by atoms with van der Waals surface area (Å²) < 4.78 is 0. The minimum Gasteiger partial charge on any atom is -0.508 e. The molecule has 0 saturated heterocycles. The molecule has 0 aliphatic heterocycles. The Morgan fingerprint density at radius 3 is 2.17 bits per heavy atom. The van der Waals surface area contributed by atoms with Crippen molar-refractivity contribution < 1.29 is 29.4 Å². The van der Waals surface area contributed by atoms with E-state index in [1.165, 1.54) is 31.6 Å². The third-order valence-corrected chi connectivity index (χ3v) is 5.32. The van der Waals surface area contributed by atoms with E-state index in [1.807, 2.05) is 0 Å². The number of nitrogens with two attached hydrogens (primary N) is 1. The number of carboxylic acids is 1. The fraction of sp³-hybridized carbons (Fsp3) is 0.435. The molecule has 2 rings (SSSR count). The predicted molar refractivity (Wildman–Crippen MR) is 126 cm³/mol. The van der Waals surface area contributed by atoms with Crippen molar-refractivity contribution in [1.82, 2.24) is 25.9 Å². The van der Waals surface area contributed by atoms with Crippen molar-refractivity contribution in [1.29, 1.82) is 0 Å². The summed E-state index contributed by atoms with van der Waals surface area (Å²) in [5.74, 6) is -3.34. The van der Waals surface area contributed by atoms with E-state index < -0.39 is 47.9 Å². The van der Waals surface area contributed by atoms with Crippen molar-refractivity contribution in [3.05, 3.63) is 48.0 Å². The van der Waals surface area contributed by atoms with E-state index >= 15 is 0 Å². The fourth-order valence-electron chi connectivity index (χ4n) is 3.26. The van der Waals surface area contributed by atoms with Gasteiger partial charge in [0.25, 0.3) is 0 Å². The molecular weight excluding hydrogens is 456 g/mol. The van der Waals surface area contributed by atoms with E-state index in [0.29, 0.717) is 5.69 Å². The van der Waals surface area contributed by atoms with Gasteiger partial charge in [0, 0.05) is 18.3 Å². The number of aromatic nitrogens is 2. The van der Waals surface area contributed by atoms with E-state index in [0.717, 1.165) is 5.56 Å². The summed E-state index contributed by atoms with van der Waals surface area (Å²) >= 11 is 0. The van der Waals surface area contributed by atoms with Crippen LogP contribution >= 0.6 is 0 Å². The minimum absolute atomic E-state index is 0.00872. The Morgan fingerprint density at radius 1 is 0.971 bits per heavy atom. The molecule has 190 valence electrons. The predicted octanol–water partition coefficient (Wildman–Crippen LogP) is -0.557. The van der Waals surface area contributed by atoms with Gasteiger partial charge in [0.2, 0.25) is 17.7 Å². The van der Waals surface area contributed by atoms with Crippen LogP contribution in [-0.4, -0.2) is 68.0 Å². The van der Waals surface area contributed by atoms with Gasteiger partial charge in [-0.25, -0.2) is 9.78 Å². The molecular formula is C23H32N6O6. The highest BCUT2D eigenvalue weighted by atomic mass is 16.4. The average Bonchev–Trinajstić information content (AvgIpc) is 3.31. The number of aromatic amines is 1. The zero-order valence-electron chi connectivity index (χ0n) is 19.8. The number of amides is 3. The fourth-order valence-corrected chi connectivity index (χ4v) is 3.26. The number of phenolic OH excluding ortho intramolecular Hbond substituents is 1. The zero-order valence-corrected chi connectivity index (χ0v) is 19.8. The van der Waals surface area contributed by atoms with Crippen LogP contribution in [0.25, 0.3) is 0 Å². The number of hydrogen-bond donors (Lipinski definition) is 7. The SMILES string of the molecule is CC(NC(=O)C(N)Cc1ccc(O)cc1)C(=O)NC(C(=O)NC(Cc1cnc[nH]1)C(=O)O)C(C)C. The van der Waals surface area contributed by atoms with Crippen LogP contribution in [0.2, 0.25) is 0 Å². The molecule has 1 aromatic carbocycles. The normalized spacial score (nSPS) is 14.4. The first kappa shape index (κ1) is 27.3. The van der Waals surface area contributed by atoms with Crippen LogP contribution in [0.1, 0.15) is 32.0 Å². The summed E-state index contributed by atoms with van der Waals surface area (Å²) in [5, 5.41) is 26.4. The second kappa shape index (κ2) is 12.5. The smallest absolute Gasteiger partial charge is 0.326 e. The molecule has 0 aliphatic rings. The van der Waals surface area contributed by atoms with E-state index in [-0.39, 0.29) is 24.5 Å². The number of nitrogens with one attached hydrogen (secondary N) is 4. The van der Waals surface area contributed by atoms with Crippen molar-refractivity contribution in [2.45, 2.75) is 57.8 Å². The van der Waals surface area contributed by atoms with Crippen LogP contribution < -0.4 is 21.7 Å². The van der Waals surface area contributed by atoms with Crippen LogP contribution in [-0.2, 0) is 32.0 Å². The van der Waals surface area contributed by atoms with Crippen LogP contribution in [0.4, 0.5) is 0 Å². The highest BCUT2D eigenvalue weighted by molar-refractivity contribution is 5.94. The minimum atomic E-state index is -1.23. The number of hydrogen-bond acceptors (Lipinski definition) is 7. The number of carboxylic acid groups (broad SMARTS) is 1. The Balaban J connectivity index is 1.94. The maximum absolute atomic E-state index is 12.8. The molecule has 0 aliphatic carbocycles. The van der Waals surface area contributed by atoms with Gasteiger partial charge in [-0.2, -0.15) is 0 Å². The monoisotopic (exact) mass is 488 g/mol. The van der Waals surface area contributed by atoms with Crippen molar-refractivity contribution in [2.24, 2.45) is 11.7 Å². The van der Waals surface area contributed by atoms with E-state index in [1.54, 1.807) is 26.0 Å².